The predicted molar refractivity (Wildman–Crippen MR) is 151 cm³/mol. The first kappa shape index (κ1) is 26.8. The summed E-state index contributed by atoms with van der Waals surface area (Å²) in [6.45, 7) is 0.0358. The number of para-hydroxylation sites is 3. The van der Waals surface area contributed by atoms with Crippen LogP contribution in [0.3, 0.4) is 0 Å². The van der Waals surface area contributed by atoms with Gasteiger partial charge in [-0.25, -0.2) is 8.42 Å². The number of ether oxygens (including phenoxy) is 2. The summed E-state index contributed by atoms with van der Waals surface area (Å²) in [7, 11) is -3.78. The molecule has 1 unspecified atom stereocenters. The second kappa shape index (κ2) is 11.9. The van der Waals surface area contributed by atoms with Gasteiger partial charge in [-0.3, -0.25) is 14.3 Å². The molecular formula is C30H27N3O6S. The number of carbonyl (C=O) groups excluding carboxylic acids is 2. The fraction of sp³-hybridized carbons (Fsp3) is 0.133. The number of sulfonamides is 1. The summed E-state index contributed by atoms with van der Waals surface area (Å²) in [5.74, 6) is 0.0326. The van der Waals surface area contributed by atoms with Crippen LogP contribution in [0, 0.1) is 0 Å². The molecule has 1 atom stereocenters. The summed E-state index contributed by atoms with van der Waals surface area (Å²) < 4.78 is 39.4. The van der Waals surface area contributed by atoms with Crippen molar-refractivity contribution >= 4 is 33.2 Å². The van der Waals surface area contributed by atoms with E-state index in [-0.39, 0.29) is 29.9 Å². The molecule has 1 heterocycles. The van der Waals surface area contributed by atoms with Gasteiger partial charge in [-0.05, 0) is 54.1 Å². The molecule has 0 bridgehead atoms. The van der Waals surface area contributed by atoms with Crippen LogP contribution in [0.4, 0.5) is 11.4 Å². The van der Waals surface area contributed by atoms with Crippen LogP contribution < -0.4 is 24.4 Å². The number of rotatable bonds is 9. The molecule has 9 nitrogen and oxygen atoms in total. The summed E-state index contributed by atoms with van der Waals surface area (Å²) in [4.78, 5) is 27.6. The molecule has 0 fully saturated rings. The lowest BCUT2D eigenvalue weighted by molar-refractivity contribution is -0.128. The summed E-state index contributed by atoms with van der Waals surface area (Å²) in [6, 6.07) is 30.8. The molecule has 4 aromatic rings. The maximum Gasteiger partial charge on any atom is 0.265 e. The van der Waals surface area contributed by atoms with Crippen LogP contribution in [0.1, 0.15) is 5.56 Å². The quantitative estimate of drug-likeness (QED) is 0.322. The van der Waals surface area contributed by atoms with Gasteiger partial charge in [0.1, 0.15) is 11.5 Å². The lowest BCUT2D eigenvalue weighted by Crippen LogP contribution is -2.51. The zero-order valence-corrected chi connectivity index (χ0v) is 22.2. The molecule has 40 heavy (non-hydrogen) atoms. The first-order valence-electron chi connectivity index (χ1n) is 12.6. The first-order chi connectivity index (χ1) is 19.4. The largest absolute Gasteiger partial charge is 0.484 e. The number of hydrogen-bond acceptors (Lipinski definition) is 6. The van der Waals surface area contributed by atoms with Gasteiger partial charge in [0.25, 0.3) is 21.8 Å². The number of amides is 2. The summed E-state index contributed by atoms with van der Waals surface area (Å²) in [6.07, 6.45) is -0.899. The van der Waals surface area contributed by atoms with E-state index in [4.69, 9.17) is 9.47 Å². The minimum atomic E-state index is -3.78. The maximum absolute atomic E-state index is 13.2. The molecule has 0 spiro atoms. The van der Waals surface area contributed by atoms with E-state index in [1.165, 1.54) is 29.2 Å². The Kier molecular flexibility index (Phi) is 7.97. The van der Waals surface area contributed by atoms with E-state index in [2.05, 4.69) is 10.0 Å². The van der Waals surface area contributed by atoms with Crippen molar-refractivity contribution in [3.05, 3.63) is 115 Å². The highest BCUT2D eigenvalue weighted by molar-refractivity contribution is 7.92. The lowest BCUT2D eigenvalue weighted by Gasteiger charge is -2.34. The van der Waals surface area contributed by atoms with Gasteiger partial charge in [0, 0.05) is 12.2 Å². The highest BCUT2D eigenvalue weighted by Gasteiger charge is 2.33. The van der Waals surface area contributed by atoms with Crippen molar-refractivity contribution in [2.24, 2.45) is 0 Å². The highest BCUT2D eigenvalue weighted by atomic mass is 32.2. The summed E-state index contributed by atoms with van der Waals surface area (Å²) in [5, 5.41) is 2.86. The molecule has 0 radical (unpaired) electrons. The SMILES string of the molecule is O=C(NCc1ccccc1)C1CN(C(=O)COc2ccc(S(=O)(=O)Nc3ccccc3)cc2)c2ccccc2O1. The van der Waals surface area contributed by atoms with Gasteiger partial charge in [0.05, 0.1) is 17.1 Å². The number of carbonyl (C=O) groups is 2. The van der Waals surface area contributed by atoms with E-state index in [0.29, 0.717) is 29.4 Å². The van der Waals surface area contributed by atoms with Gasteiger partial charge < -0.3 is 19.7 Å². The van der Waals surface area contributed by atoms with Crippen molar-refractivity contribution < 1.29 is 27.5 Å². The number of benzene rings is 4. The smallest absolute Gasteiger partial charge is 0.265 e. The highest BCUT2D eigenvalue weighted by Crippen LogP contribution is 2.33. The average Bonchev–Trinajstić information content (AvgIpc) is 2.99. The molecule has 204 valence electrons. The van der Waals surface area contributed by atoms with E-state index in [0.717, 1.165) is 5.56 Å². The number of nitrogens with zero attached hydrogens (tertiary/aromatic N) is 1. The zero-order chi connectivity index (χ0) is 28.0. The van der Waals surface area contributed by atoms with Crippen LogP contribution in [0.15, 0.2) is 114 Å². The van der Waals surface area contributed by atoms with Crippen molar-refractivity contribution in [2.75, 3.05) is 22.8 Å². The summed E-state index contributed by atoms with van der Waals surface area (Å²) in [5.41, 5.74) is 1.94. The minimum Gasteiger partial charge on any atom is -0.484 e. The van der Waals surface area contributed by atoms with Crippen molar-refractivity contribution in [3.63, 3.8) is 0 Å². The minimum absolute atomic E-state index is 0.0160. The van der Waals surface area contributed by atoms with E-state index in [1.807, 2.05) is 30.3 Å². The molecule has 10 heteroatoms. The van der Waals surface area contributed by atoms with Gasteiger partial charge in [0.2, 0.25) is 0 Å². The topological polar surface area (TPSA) is 114 Å². The van der Waals surface area contributed by atoms with Crippen LogP contribution in [0.2, 0.25) is 0 Å². The van der Waals surface area contributed by atoms with E-state index in [9.17, 15) is 18.0 Å². The molecule has 0 saturated carbocycles. The standard InChI is InChI=1S/C30H27N3O6S/c34-29(21-38-24-15-17-25(18-16-24)40(36,37)32-23-11-5-2-6-12-23)33-20-28(39-27-14-8-7-13-26(27)33)30(35)31-19-22-9-3-1-4-10-22/h1-18,28,32H,19-21H2,(H,31,35). The number of anilines is 2. The van der Waals surface area contributed by atoms with Crippen LogP contribution in [-0.2, 0) is 26.2 Å². The van der Waals surface area contributed by atoms with Crippen molar-refractivity contribution in [2.45, 2.75) is 17.5 Å². The van der Waals surface area contributed by atoms with E-state index >= 15 is 0 Å². The Bertz CT molecular complexity index is 1580. The lowest BCUT2D eigenvalue weighted by atomic mass is 10.1. The second-order valence-corrected chi connectivity index (χ2v) is 10.7. The van der Waals surface area contributed by atoms with Crippen LogP contribution >= 0.6 is 0 Å². The van der Waals surface area contributed by atoms with Gasteiger partial charge >= 0.3 is 0 Å². The Morgan fingerprint density at radius 2 is 1.50 bits per heavy atom. The monoisotopic (exact) mass is 557 g/mol. The Hall–Kier alpha value is -4.83. The molecule has 2 amide bonds. The number of nitrogens with one attached hydrogen (secondary N) is 2. The first-order valence-corrected chi connectivity index (χ1v) is 14.1. The van der Waals surface area contributed by atoms with Crippen molar-refractivity contribution in [3.8, 4) is 11.5 Å². The zero-order valence-electron chi connectivity index (χ0n) is 21.4. The van der Waals surface area contributed by atoms with Gasteiger partial charge in [-0.1, -0.05) is 60.7 Å². The molecule has 5 rings (SSSR count). The van der Waals surface area contributed by atoms with Crippen LogP contribution in [0.5, 0.6) is 11.5 Å². The van der Waals surface area contributed by atoms with Crippen molar-refractivity contribution in [1.29, 1.82) is 0 Å². The number of hydrogen-bond donors (Lipinski definition) is 2. The molecular weight excluding hydrogens is 530 g/mol. The molecule has 1 aliphatic rings. The Labute approximate surface area is 232 Å². The van der Waals surface area contributed by atoms with Gasteiger partial charge in [0.15, 0.2) is 12.7 Å². The molecule has 0 aromatic heterocycles. The van der Waals surface area contributed by atoms with Gasteiger partial charge in [-0.15, -0.1) is 0 Å². The molecule has 0 aliphatic carbocycles. The predicted octanol–water partition coefficient (Wildman–Crippen LogP) is 3.98. The van der Waals surface area contributed by atoms with Crippen LogP contribution in [0.25, 0.3) is 0 Å². The molecule has 0 saturated heterocycles. The Morgan fingerprint density at radius 3 is 2.23 bits per heavy atom. The molecule has 1 aliphatic heterocycles. The maximum atomic E-state index is 13.2. The third-order valence-electron chi connectivity index (χ3n) is 6.20. The molecule has 4 aromatic carbocycles. The Balaban J connectivity index is 1.22. The normalized spacial score (nSPS) is 14.4. The van der Waals surface area contributed by atoms with E-state index in [1.54, 1.807) is 54.6 Å². The third kappa shape index (κ3) is 6.41. The second-order valence-electron chi connectivity index (χ2n) is 9.01. The molecule has 2 N–H and O–H groups in total. The van der Waals surface area contributed by atoms with Crippen LogP contribution in [-0.4, -0.2) is 39.5 Å². The van der Waals surface area contributed by atoms with Gasteiger partial charge in [-0.2, -0.15) is 0 Å². The van der Waals surface area contributed by atoms with Crippen molar-refractivity contribution in [1.82, 2.24) is 5.32 Å². The summed E-state index contributed by atoms with van der Waals surface area (Å²) >= 11 is 0. The average molecular weight is 558 g/mol. The fourth-order valence-electron chi connectivity index (χ4n) is 4.16. The fourth-order valence-corrected chi connectivity index (χ4v) is 5.22. The van der Waals surface area contributed by atoms with E-state index < -0.39 is 16.1 Å². The Morgan fingerprint density at radius 1 is 0.850 bits per heavy atom. The number of fused-ring (bicyclic) bond motifs is 1. The third-order valence-corrected chi connectivity index (χ3v) is 7.60.